The van der Waals surface area contributed by atoms with E-state index in [4.69, 9.17) is 55.7 Å². The van der Waals surface area contributed by atoms with Crippen LogP contribution in [0.5, 0.6) is 0 Å². The standard InChI is InChI=1S/C13H21N3O2.3BH3O3/c1-3-16(4-2)9-10-18-13(17)15-12-7-5-11(14)6-8-12;3*2-1(3)4/h5-8H,3-4,9-10,14H2,1-2H3,(H,15,17);3*2-4H. The van der Waals surface area contributed by atoms with Gasteiger partial charge in [0, 0.05) is 17.9 Å². The van der Waals surface area contributed by atoms with E-state index in [-0.39, 0.29) is 0 Å². The molecule has 0 saturated carbocycles. The molecule has 0 radical (unpaired) electrons. The zero-order valence-corrected chi connectivity index (χ0v) is 16.7. The van der Waals surface area contributed by atoms with Gasteiger partial charge in [0.05, 0.1) is 0 Å². The van der Waals surface area contributed by atoms with E-state index in [1.165, 1.54) is 0 Å². The molecule has 0 spiro atoms. The molecule has 1 aromatic carbocycles. The Morgan fingerprint density at radius 2 is 1.27 bits per heavy atom. The first-order valence-electron chi connectivity index (χ1n) is 8.49. The lowest BCUT2D eigenvalue weighted by atomic mass is 10.3. The number of hydrogen-bond donors (Lipinski definition) is 11. The number of carbonyl (C=O) groups is 1. The summed E-state index contributed by atoms with van der Waals surface area (Å²) < 4.78 is 5.09. The molecule has 1 amide bonds. The van der Waals surface area contributed by atoms with Gasteiger partial charge in [-0.05, 0) is 37.4 Å². The van der Waals surface area contributed by atoms with Crippen molar-refractivity contribution in [2.45, 2.75) is 13.8 Å². The molecule has 0 saturated heterocycles. The van der Waals surface area contributed by atoms with Crippen molar-refractivity contribution in [3.8, 4) is 0 Å². The molecule has 14 nitrogen and oxygen atoms in total. The van der Waals surface area contributed by atoms with Gasteiger partial charge in [-0.25, -0.2) is 4.79 Å². The first kappa shape index (κ1) is 32.7. The second-order valence-electron chi connectivity index (χ2n) is 4.95. The smallest absolute Gasteiger partial charge is 0.448 e. The second kappa shape index (κ2) is 21.8. The third-order valence-corrected chi connectivity index (χ3v) is 2.69. The van der Waals surface area contributed by atoms with Crippen LogP contribution < -0.4 is 11.1 Å². The molecule has 30 heavy (non-hydrogen) atoms. The number of hydrogen-bond acceptors (Lipinski definition) is 13. The summed E-state index contributed by atoms with van der Waals surface area (Å²) in [5, 5.41) is 67.1. The van der Waals surface area contributed by atoms with Crippen molar-refractivity contribution in [3.63, 3.8) is 0 Å². The number of nitrogens with two attached hydrogens (primary N) is 1. The molecule has 0 aliphatic heterocycles. The van der Waals surface area contributed by atoms with Gasteiger partial charge in [0.1, 0.15) is 6.61 Å². The molecule has 12 N–H and O–H groups in total. The van der Waals surface area contributed by atoms with E-state index in [1.807, 2.05) is 0 Å². The van der Waals surface area contributed by atoms with Gasteiger partial charge in [-0.3, -0.25) is 5.32 Å². The fraction of sp³-hybridized carbons (Fsp3) is 0.462. The van der Waals surface area contributed by atoms with Crippen LogP contribution in [0.3, 0.4) is 0 Å². The molecule has 0 aromatic heterocycles. The topological polar surface area (TPSA) is 250 Å². The molecule has 0 heterocycles. The highest BCUT2D eigenvalue weighted by molar-refractivity contribution is 6.31. The number of rotatable bonds is 6. The lowest BCUT2D eigenvalue weighted by molar-refractivity contribution is 0.142. The molecule has 1 rings (SSSR count). The first-order valence-corrected chi connectivity index (χ1v) is 8.49. The van der Waals surface area contributed by atoms with Crippen molar-refractivity contribution >= 4 is 39.4 Å². The quantitative estimate of drug-likeness (QED) is 0.150. The lowest BCUT2D eigenvalue weighted by Gasteiger charge is -2.17. The number of ether oxygens (including phenoxy) is 1. The maximum absolute atomic E-state index is 11.5. The molecular formula is C13H30B3N3O11. The Morgan fingerprint density at radius 1 is 0.900 bits per heavy atom. The number of nitrogens with one attached hydrogen (secondary N) is 1. The number of amides is 1. The Morgan fingerprint density at radius 3 is 1.60 bits per heavy atom. The van der Waals surface area contributed by atoms with Crippen LogP contribution in [0.1, 0.15) is 13.8 Å². The molecule has 0 bridgehead atoms. The van der Waals surface area contributed by atoms with Crippen molar-refractivity contribution in [1.29, 1.82) is 0 Å². The average molecular weight is 437 g/mol. The van der Waals surface area contributed by atoms with Gasteiger partial charge < -0.3 is 60.6 Å². The summed E-state index contributed by atoms with van der Waals surface area (Å²) in [6, 6.07) is 6.93. The fourth-order valence-corrected chi connectivity index (χ4v) is 1.53. The highest BCUT2D eigenvalue weighted by atomic mass is 16.6. The second-order valence-corrected chi connectivity index (χ2v) is 4.95. The van der Waals surface area contributed by atoms with Crippen molar-refractivity contribution in [2.75, 3.05) is 37.3 Å². The van der Waals surface area contributed by atoms with Crippen molar-refractivity contribution < 1.29 is 54.7 Å². The Kier molecular flexibility index (Phi) is 23.8. The van der Waals surface area contributed by atoms with E-state index in [1.54, 1.807) is 24.3 Å². The third-order valence-electron chi connectivity index (χ3n) is 2.69. The minimum atomic E-state index is -2.17. The average Bonchev–Trinajstić information content (AvgIpc) is 2.59. The van der Waals surface area contributed by atoms with Crippen LogP contribution in [0, 0.1) is 0 Å². The number of carbonyl (C=O) groups excluding carboxylic acids is 1. The summed E-state index contributed by atoms with van der Waals surface area (Å²) in [7, 11) is -6.50. The minimum absolute atomic E-state index is 0.391. The van der Waals surface area contributed by atoms with E-state index in [0.29, 0.717) is 18.0 Å². The van der Waals surface area contributed by atoms with Gasteiger partial charge in [0.2, 0.25) is 0 Å². The summed E-state index contributed by atoms with van der Waals surface area (Å²) in [6.45, 7) is 7.22. The van der Waals surface area contributed by atoms with Gasteiger partial charge in [-0.15, -0.1) is 0 Å². The number of benzene rings is 1. The molecule has 0 aliphatic carbocycles. The highest BCUT2D eigenvalue weighted by Gasteiger charge is 2.04. The summed E-state index contributed by atoms with van der Waals surface area (Å²) in [5.41, 5.74) is 6.89. The van der Waals surface area contributed by atoms with Crippen LogP contribution in [-0.4, -0.2) is 104 Å². The van der Waals surface area contributed by atoms with E-state index in [2.05, 4.69) is 24.1 Å². The van der Waals surface area contributed by atoms with E-state index < -0.39 is 28.1 Å². The molecule has 0 unspecified atom stereocenters. The van der Waals surface area contributed by atoms with Crippen LogP contribution >= 0.6 is 0 Å². The number of nitrogen functional groups attached to an aromatic ring is 1. The Balaban J connectivity index is -0.000000498. The number of anilines is 2. The van der Waals surface area contributed by atoms with Crippen LogP contribution in [-0.2, 0) is 4.74 Å². The predicted molar refractivity (Wildman–Crippen MR) is 111 cm³/mol. The SMILES string of the molecule is CCN(CC)CCOC(=O)Nc1ccc(N)cc1.OB(O)O.OB(O)O.OB(O)O. The summed E-state index contributed by atoms with van der Waals surface area (Å²) >= 11 is 0. The molecule has 0 atom stereocenters. The number of likely N-dealkylation sites (N-methyl/N-ethyl adjacent to an activating group) is 1. The number of nitrogens with zero attached hydrogens (tertiary/aromatic N) is 1. The van der Waals surface area contributed by atoms with Gasteiger partial charge in [0.15, 0.2) is 0 Å². The van der Waals surface area contributed by atoms with Crippen molar-refractivity contribution in [3.05, 3.63) is 24.3 Å². The molecule has 0 fully saturated rings. The zero-order chi connectivity index (χ0) is 24.1. The summed E-state index contributed by atoms with van der Waals surface area (Å²) in [6.07, 6.45) is -0.438. The maximum Gasteiger partial charge on any atom is 0.631 e. The van der Waals surface area contributed by atoms with E-state index in [0.717, 1.165) is 19.6 Å². The molecular weight excluding hydrogens is 407 g/mol. The van der Waals surface area contributed by atoms with Crippen molar-refractivity contribution in [2.24, 2.45) is 0 Å². The molecule has 0 aliphatic rings. The zero-order valence-electron chi connectivity index (χ0n) is 16.7. The Hall–Kier alpha value is -1.92. The molecule has 17 heteroatoms. The normalized spacial score (nSPS) is 8.93. The van der Waals surface area contributed by atoms with Crippen LogP contribution in [0.2, 0.25) is 0 Å². The predicted octanol–water partition coefficient (Wildman–Crippen LogP) is -4.00. The summed E-state index contributed by atoms with van der Waals surface area (Å²) in [4.78, 5) is 13.7. The molecule has 1 aromatic rings. The van der Waals surface area contributed by atoms with Gasteiger partial charge in [-0.1, -0.05) is 13.8 Å². The van der Waals surface area contributed by atoms with Crippen LogP contribution in [0.4, 0.5) is 16.2 Å². The monoisotopic (exact) mass is 437 g/mol. The van der Waals surface area contributed by atoms with Gasteiger partial charge in [-0.2, -0.15) is 0 Å². The van der Waals surface area contributed by atoms with Crippen LogP contribution in [0.15, 0.2) is 24.3 Å². The maximum atomic E-state index is 11.5. The van der Waals surface area contributed by atoms with Crippen LogP contribution in [0.25, 0.3) is 0 Å². The molecule has 172 valence electrons. The van der Waals surface area contributed by atoms with E-state index in [9.17, 15) is 4.79 Å². The third kappa shape index (κ3) is 33.7. The van der Waals surface area contributed by atoms with Gasteiger partial charge in [0.25, 0.3) is 0 Å². The minimum Gasteiger partial charge on any atom is -0.448 e. The Bertz CT molecular complexity index is 486. The summed E-state index contributed by atoms with van der Waals surface area (Å²) in [5.74, 6) is 0. The Labute approximate surface area is 175 Å². The first-order chi connectivity index (χ1) is 13.8. The fourth-order valence-electron chi connectivity index (χ4n) is 1.53. The lowest BCUT2D eigenvalue weighted by Crippen LogP contribution is -2.28. The largest absolute Gasteiger partial charge is 0.631 e. The highest BCUT2D eigenvalue weighted by Crippen LogP contribution is 2.10. The van der Waals surface area contributed by atoms with Crippen molar-refractivity contribution in [1.82, 2.24) is 4.90 Å². The van der Waals surface area contributed by atoms with Gasteiger partial charge >= 0.3 is 28.1 Å². The van der Waals surface area contributed by atoms with E-state index >= 15 is 0 Å².